The molecule has 3 N–H and O–H groups in total. The van der Waals surface area contributed by atoms with Crippen molar-refractivity contribution in [2.24, 2.45) is 5.10 Å². The topological polar surface area (TPSA) is 127 Å². The number of hydrogen-bond acceptors (Lipinski definition) is 7. The number of carbonyl (C=O) groups excluding carboxylic acids is 3. The Morgan fingerprint density at radius 2 is 1.57 bits per heavy atom. The first-order chi connectivity index (χ1) is 17.8. The molecule has 0 aliphatic rings. The van der Waals surface area contributed by atoms with Crippen LogP contribution in [0, 0.1) is 0 Å². The minimum absolute atomic E-state index is 0.225. The number of carbonyl (C=O) groups is 3. The van der Waals surface area contributed by atoms with E-state index in [0.717, 1.165) is 0 Å². The van der Waals surface area contributed by atoms with Crippen LogP contribution < -0.4 is 30.3 Å². The smallest absolute Gasteiger partial charge is 0.329 e. The van der Waals surface area contributed by atoms with Gasteiger partial charge in [-0.05, 0) is 48.0 Å². The van der Waals surface area contributed by atoms with Crippen LogP contribution in [0.3, 0.4) is 0 Å². The Hall–Kier alpha value is -4.28. The molecular formula is C25H22Cl2N4O6. The first kappa shape index (κ1) is 27.3. The van der Waals surface area contributed by atoms with Crippen molar-refractivity contribution in [3.63, 3.8) is 0 Å². The van der Waals surface area contributed by atoms with E-state index in [1.54, 1.807) is 60.7 Å². The van der Waals surface area contributed by atoms with Gasteiger partial charge in [-0.25, -0.2) is 5.43 Å². The van der Waals surface area contributed by atoms with Gasteiger partial charge in [-0.1, -0.05) is 41.4 Å². The van der Waals surface area contributed by atoms with Crippen molar-refractivity contribution in [2.75, 3.05) is 31.5 Å². The monoisotopic (exact) mass is 544 g/mol. The number of ether oxygens (including phenoxy) is 3. The summed E-state index contributed by atoms with van der Waals surface area (Å²) in [6.45, 7) is -0.315. The van der Waals surface area contributed by atoms with Crippen LogP contribution in [0.15, 0.2) is 65.8 Å². The van der Waals surface area contributed by atoms with Gasteiger partial charge in [-0.2, -0.15) is 5.10 Å². The number of halogens is 2. The average Bonchev–Trinajstić information content (AvgIpc) is 2.90. The second-order valence-corrected chi connectivity index (χ2v) is 7.99. The first-order valence-electron chi connectivity index (χ1n) is 10.6. The molecule has 3 aromatic rings. The maximum absolute atomic E-state index is 12.2. The molecule has 3 aromatic carbocycles. The van der Waals surface area contributed by atoms with E-state index in [-0.39, 0.29) is 11.6 Å². The van der Waals surface area contributed by atoms with Gasteiger partial charge >= 0.3 is 11.8 Å². The molecule has 0 saturated carbocycles. The number of nitrogens with zero attached hydrogens (tertiary/aromatic N) is 1. The van der Waals surface area contributed by atoms with Crippen LogP contribution in [0.2, 0.25) is 10.0 Å². The normalized spacial score (nSPS) is 10.5. The number of benzene rings is 3. The molecule has 0 unspecified atom stereocenters. The Balaban J connectivity index is 1.55. The summed E-state index contributed by atoms with van der Waals surface area (Å²) in [5, 5.41) is 9.39. The van der Waals surface area contributed by atoms with Gasteiger partial charge in [0.05, 0.1) is 41.9 Å². The maximum atomic E-state index is 12.2. The number of hydrogen-bond donors (Lipinski definition) is 3. The molecule has 37 heavy (non-hydrogen) atoms. The number of para-hydroxylation sites is 2. The van der Waals surface area contributed by atoms with Crippen LogP contribution in [0.4, 0.5) is 11.4 Å². The maximum Gasteiger partial charge on any atom is 0.329 e. The van der Waals surface area contributed by atoms with E-state index in [9.17, 15) is 14.4 Å². The van der Waals surface area contributed by atoms with E-state index in [4.69, 9.17) is 37.4 Å². The fourth-order valence-electron chi connectivity index (χ4n) is 2.96. The number of anilines is 2. The van der Waals surface area contributed by atoms with Gasteiger partial charge in [0.25, 0.3) is 5.91 Å². The average molecular weight is 545 g/mol. The lowest BCUT2D eigenvalue weighted by Gasteiger charge is -2.12. The molecule has 3 rings (SSSR count). The standard InChI is InChI=1S/C25H22Cl2N4O6/c1-35-19-9-4-3-7-17(19)30-24(33)25(34)31-28-13-15-10-11-20(21(12-15)36-2)37-14-22(32)29-18-8-5-6-16(26)23(18)27/h3-13H,14H2,1-2H3,(H,29,32)(H,30,33)(H,31,34). The molecule has 0 heterocycles. The lowest BCUT2D eigenvalue weighted by Crippen LogP contribution is -2.32. The molecule has 0 radical (unpaired) electrons. The van der Waals surface area contributed by atoms with E-state index in [1.807, 2.05) is 0 Å². The summed E-state index contributed by atoms with van der Waals surface area (Å²) in [5.41, 5.74) is 3.38. The van der Waals surface area contributed by atoms with Gasteiger partial charge in [0.1, 0.15) is 5.75 Å². The van der Waals surface area contributed by atoms with E-state index in [0.29, 0.717) is 39.2 Å². The summed E-state index contributed by atoms with van der Waals surface area (Å²) in [7, 11) is 2.88. The van der Waals surface area contributed by atoms with Crippen LogP contribution in [-0.4, -0.2) is 44.8 Å². The molecule has 0 fully saturated rings. The van der Waals surface area contributed by atoms with Gasteiger partial charge in [-0.3, -0.25) is 14.4 Å². The molecule has 0 aromatic heterocycles. The van der Waals surface area contributed by atoms with Crippen molar-refractivity contribution in [3.05, 3.63) is 76.3 Å². The number of nitrogens with one attached hydrogen (secondary N) is 3. The summed E-state index contributed by atoms with van der Waals surface area (Å²) in [4.78, 5) is 36.4. The number of rotatable bonds is 9. The molecular weight excluding hydrogens is 523 g/mol. The largest absolute Gasteiger partial charge is 0.495 e. The van der Waals surface area contributed by atoms with Crippen molar-refractivity contribution in [1.29, 1.82) is 0 Å². The quantitative estimate of drug-likeness (QED) is 0.211. The van der Waals surface area contributed by atoms with Crippen LogP contribution in [0.5, 0.6) is 17.2 Å². The second kappa shape index (κ2) is 13.1. The Labute approximate surface area is 222 Å². The number of methoxy groups -OCH3 is 2. The van der Waals surface area contributed by atoms with Gasteiger partial charge in [0, 0.05) is 0 Å². The lowest BCUT2D eigenvalue weighted by molar-refractivity contribution is -0.136. The zero-order valence-corrected chi connectivity index (χ0v) is 21.2. The highest BCUT2D eigenvalue weighted by molar-refractivity contribution is 6.44. The summed E-state index contributed by atoms with van der Waals surface area (Å²) >= 11 is 12.0. The molecule has 12 heteroatoms. The van der Waals surface area contributed by atoms with Gasteiger partial charge < -0.3 is 24.8 Å². The Bertz CT molecular complexity index is 1330. The molecule has 0 saturated heterocycles. The van der Waals surface area contributed by atoms with Gasteiger partial charge in [0.2, 0.25) is 0 Å². The molecule has 0 aliphatic heterocycles. The molecule has 192 valence electrons. The molecule has 0 atom stereocenters. The van der Waals surface area contributed by atoms with Crippen molar-refractivity contribution in [1.82, 2.24) is 5.43 Å². The van der Waals surface area contributed by atoms with Crippen LogP contribution in [-0.2, 0) is 14.4 Å². The van der Waals surface area contributed by atoms with Crippen LogP contribution in [0.25, 0.3) is 0 Å². The first-order valence-corrected chi connectivity index (χ1v) is 11.4. The molecule has 3 amide bonds. The Morgan fingerprint density at radius 1 is 0.838 bits per heavy atom. The Kier molecular flexibility index (Phi) is 9.70. The van der Waals surface area contributed by atoms with Gasteiger partial charge in [-0.15, -0.1) is 0 Å². The number of hydrazone groups is 1. The molecule has 0 spiro atoms. The minimum atomic E-state index is -0.972. The predicted molar refractivity (Wildman–Crippen MR) is 141 cm³/mol. The zero-order valence-electron chi connectivity index (χ0n) is 19.7. The lowest BCUT2D eigenvalue weighted by atomic mass is 10.2. The summed E-state index contributed by atoms with van der Waals surface area (Å²) < 4.78 is 16.0. The van der Waals surface area contributed by atoms with E-state index in [1.165, 1.54) is 20.4 Å². The summed E-state index contributed by atoms with van der Waals surface area (Å²) in [6, 6.07) is 16.3. The second-order valence-electron chi connectivity index (χ2n) is 7.20. The summed E-state index contributed by atoms with van der Waals surface area (Å²) in [6.07, 6.45) is 1.31. The third-order valence-corrected chi connectivity index (χ3v) is 5.53. The highest BCUT2D eigenvalue weighted by Gasteiger charge is 2.15. The van der Waals surface area contributed by atoms with Crippen molar-refractivity contribution in [3.8, 4) is 17.2 Å². The summed E-state index contributed by atoms with van der Waals surface area (Å²) in [5.74, 6) is -1.32. The van der Waals surface area contributed by atoms with Crippen LogP contribution >= 0.6 is 23.2 Å². The molecule has 0 bridgehead atoms. The fraction of sp³-hybridized carbons (Fsp3) is 0.120. The fourth-order valence-corrected chi connectivity index (χ4v) is 3.30. The zero-order chi connectivity index (χ0) is 26.8. The highest BCUT2D eigenvalue weighted by Crippen LogP contribution is 2.30. The van der Waals surface area contributed by atoms with E-state index >= 15 is 0 Å². The predicted octanol–water partition coefficient (Wildman–Crippen LogP) is 4.12. The number of amides is 3. The van der Waals surface area contributed by atoms with Crippen molar-refractivity contribution >= 4 is 58.5 Å². The minimum Gasteiger partial charge on any atom is -0.495 e. The molecule has 10 nitrogen and oxygen atoms in total. The molecule has 0 aliphatic carbocycles. The Morgan fingerprint density at radius 3 is 2.32 bits per heavy atom. The SMILES string of the molecule is COc1ccccc1NC(=O)C(=O)NN=Cc1ccc(OCC(=O)Nc2cccc(Cl)c2Cl)c(OC)c1. The van der Waals surface area contributed by atoms with Crippen molar-refractivity contribution < 1.29 is 28.6 Å². The van der Waals surface area contributed by atoms with E-state index < -0.39 is 17.7 Å². The third kappa shape index (κ3) is 7.60. The van der Waals surface area contributed by atoms with Crippen LogP contribution in [0.1, 0.15) is 5.56 Å². The van der Waals surface area contributed by atoms with Crippen molar-refractivity contribution in [2.45, 2.75) is 0 Å². The van der Waals surface area contributed by atoms with E-state index in [2.05, 4.69) is 21.2 Å². The van der Waals surface area contributed by atoms with Gasteiger partial charge in [0.15, 0.2) is 18.1 Å². The highest BCUT2D eigenvalue weighted by atomic mass is 35.5. The third-order valence-electron chi connectivity index (χ3n) is 4.71.